The predicted molar refractivity (Wildman–Crippen MR) is 52.0 cm³/mol. The maximum atomic E-state index is 5.74. The summed E-state index contributed by atoms with van der Waals surface area (Å²) in [5, 5.41) is 0. The van der Waals surface area contributed by atoms with E-state index in [1.165, 1.54) is 12.8 Å². The van der Waals surface area contributed by atoms with Crippen LogP contribution in [0.15, 0.2) is 18.5 Å². The molecule has 1 aliphatic carbocycles. The standard InChI is InChI=1S/C10H12ClNO/c11-5-9-6-12-4-3-10(9)13-7-8-1-2-8/h3-4,6,8H,1-2,5,7H2. The highest BCUT2D eigenvalue weighted by Gasteiger charge is 2.22. The Labute approximate surface area is 82.9 Å². The summed E-state index contributed by atoms with van der Waals surface area (Å²) >= 11 is 5.74. The number of nitrogens with zero attached hydrogens (tertiary/aromatic N) is 1. The number of hydrogen-bond acceptors (Lipinski definition) is 2. The first kappa shape index (κ1) is 8.82. The Balaban J connectivity index is 1.99. The summed E-state index contributed by atoms with van der Waals surface area (Å²) in [6.07, 6.45) is 6.11. The van der Waals surface area contributed by atoms with E-state index in [4.69, 9.17) is 16.3 Å². The first-order chi connectivity index (χ1) is 6.40. The van der Waals surface area contributed by atoms with Gasteiger partial charge in [-0.25, -0.2) is 0 Å². The van der Waals surface area contributed by atoms with Crippen LogP contribution < -0.4 is 4.74 Å². The molecule has 0 N–H and O–H groups in total. The SMILES string of the molecule is ClCc1cnccc1OCC1CC1. The van der Waals surface area contributed by atoms with E-state index < -0.39 is 0 Å². The van der Waals surface area contributed by atoms with Crippen molar-refractivity contribution in [2.75, 3.05) is 6.61 Å². The summed E-state index contributed by atoms with van der Waals surface area (Å²) in [7, 11) is 0. The number of pyridine rings is 1. The lowest BCUT2D eigenvalue weighted by molar-refractivity contribution is 0.297. The van der Waals surface area contributed by atoms with Crippen LogP contribution in [0.2, 0.25) is 0 Å². The molecular weight excluding hydrogens is 186 g/mol. The van der Waals surface area contributed by atoms with E-state index in [0.717, 1.165) is 23.8 Å². The summed E-state index contributed by atoms with van der Waals surface area (Å²) in [6, 6.07) is 1.88. The largest absolute Gasteiger partial charge is 0.493 e. The smallest absolute Gasteiger partial charge is 0.126 e. The Bertz CT molecular complexity index is 286. The quantitative estimate of drug-likeness (QED) is 0.693. The summed E-state index contributed by atoms with van der Waals surface area (Å²) in [5.74, 6) is 2.13. The second-order valence-corrected chi connectivity index (χ2v) is 3.64. The molecule has 1 heterocycles. The molecule has 70 valence electrons. The lowest BCUT2D eigenvalue weighted by Crippen LogP contribution is -2.01. The molecule has 13 heavy (non-hydrogen) atoms. The molecule has 3 heteroatoms. The fraction of sp³-hybridized carbons (Fsp3) is 0.500. The molecule has 0 amide bonds. The second-order valence-electron chi connectivity index (χ2n) is 3.37. The number of rotatable bonds is 4. The van der Waals surface area contributed by atoms with Crippen LogP contribution in [0.5, 0.6) is 5.75 Å². The Morgan fingerprint density at radius 2 is 2.38 bits per heavy atom. The van der Waals surface area contributed by atoms with Gasteiger partial charge in [-0.3, -0.25) is 4.98 Å². The molecule has 2 nitrogen and oxygen atoms in total. The molecular formula is C10H12ClNO. The maximum Gasteiger partial charge on any atom is 0.126 e. The van der Waals surface area contributed by atoms with E-state index in [2.05, 4.69) is 4.98 Å². The van der Waals surface area contributed by atoms with Gasteiger partial charge in [-0.05, 0) is 24.8 Å². The van der Waals surface area contributed by atoms with Gasteiger partial charge in [0.2, 0.25) is 0 Å². The van der Waals surface area contributed by atoms with Crippen molar-refractivity contribution in [1.82, 2.24) is 4.98 Å². The first-order valence-corrected chi connectivity index (χ1v) is 5.05. The number of hydrogen-bond donors (Lipinski definition) is 0. The van der Waals surface area contributed by atoms with Crippen LogP contribution in [0.1, 0.15) is 18.4 Å². The van der Waals surface area contributed by atoms with Gasteiger partial charge in [0.15, 0.2) is 0 Å². The van der Waals surface area contributed by atoms with Crippen LogP contribution in [-0.2, 0) is 5.88 Å². The minimum absolute atomic E-state index is 0.466. The Hall–Kier alpha value is -0.760. The molecule has 0 bridgehead atoms. The summed E-state index contributed by atoms with van der Waals surface area (Å²) in [4.78, 5) is 3.99. The summed E-state index contributed by atoms with van der Waals surface area (Å²) < 4.78 is 5.63. The third kappa shape index (κ3) is 2.34. The van der Waals surface area contributed by atoms with Crippen molar-refractivity contribution in [2.45, 2.75) is 18.7 Å². The van der Waals surface area contributed by atoms with Gasteiger partial charge >= 0.3 is 0 Å². The highest BCUT2D eigenvalue weighted by Crippen LogP contribution is 2.30. The zero-order valence-corrected chi connectivity index (χ0v) is 8.13. The average Bonchev–Trinajstić information content (AvgIpc) is 2.99. The predicted octanol–water partition coefficient (Wildman–Crippen LogP) is 2.61. The first-order valence-electron chi connectivity index (χ1n) is 4.52. The monoisotopic (exact) mass is 197 g/mol. The number of ether oxygens (including phenoxy) is 1. The Morgan fingerprint density at radius 1 is 1.54 bits per heavy atom. The third-order valence-electron chi connectivity index (χ3n) is 2.17. The van der Waals surface area contributed by atoms with Gasteiger partial charge in [0, 0.05) is 18.0 Å². The molecule has 1 aromatic rings. The van der Waals surface area contributed by atoms with E-state index in [0.29, 0.717) is 5.88 Å². The highest BCUT2D eigenvalue weighted by atomic mass is 35.5. The molecule has 1 saturated carbocycles. The normalized spacial score (nSPS) is 15.8. The lowest BCUT2D eigenvalue weighted by atomic mass is 10.3. The van der Waals surface area contributed by atoms with Crippen molar-refractivity contribution in [3.8, 4) is 5.75 Å². The van der Waals surface area contributed by atoms with Gasteiger partial charge < -0.3 is 4.74 Å². The zero-order chi connectivity index (χ0) is 9.10. The van der Waals surface area contributed by atoms with Crippen molar-refractivity contribution in [3.63, 3.8) is 0 Å². The van der Waals surface area contributed by atoms with Crippen LogP contribution in [0.3, 0.4) is 0 Å². The summed E-state index contributed by atoms with van der Waals surface area (Å²) in [6.45, 7) is 0.827. The minimum atomic E-state index is 0.466. The molecule has 2 rings (SSSR count). The molecule has 1 aliphatic rings. The van der Waals surface area contributed by atoms with Gasteiger partial charge in [0.25, 0.3) is 0 Å². The molecule has 1 fully saturated rings. The Morgan fingerprint density at radius 3 is 3.08 bits per heavy atom. The second kappa shape index (κ2) is 3.97. The van der Waals surface area contributed by atoms with Crippen LogP contribution in [0.25, 0.3) is 0 Å². The number of aromatic nitrogens is 1. The molecule has 0 saturated heterocycles. The maximum absolute atomic E-state index is 5.74. The fourth-order valence-electron chi connectivity index (χ4n) is 1.15. The molecule has 0 aromatic carbocycles. The van der Waals surface area contributed by atoms with Gasteiger partial charge in [-0.15, -0.1) is 11.6 Å². The van der Waals surface area contributed by atoms with E-state index in [9.17, 15) is 0 Å². The van der Waals surface area contributed by atoms with Gasteiger partial charge in [0.05, 0.1) is 12.5 Å². The number of halogens is 1. The van der Waals surface area contributed by atoms with Crippen molar-refractivity contribution >= 4 is 11.6 Å². The van der Waals surface area contributed by atoms with Crippen molar-refractivity contribution < 1.29 is 4.74 Å². The molecule has 1 aromatic heterocycles. The third-order valence-corrected chi connectivity index (χ3v) is 2.46. The highest BCUT2D eigenvalue weighted by molar-refractivity contribution is 6.17. The van der Waals surface area contributed by atoms with Gasteiger partial charge in [-0.2, -0.15) is 0 Å². The van der Waals surface area contributed by atoms with E-state index in [1.54, 1.807) is 12.4 Å². The van der Waals surface area contributed by atoms with E-state index >= 15 is 0 Å². The average molecular weight is 198 g/mol. The lowest BCUT2D eigenvalue weighted by Gasteiger charge is -2.07. The van der Waals surface area contributed by atoms with Crippen molar-refractivity contribution in [1.29, 1.82) is 0 Å². The van der Waals surface area contributed by atoms with Crippen LogP contribution in [-0.4, -0.2) is 11.6 Å². The topological polar surface area (TPSA) is 22.1 Å². The zero-order valence-electron chi connectivity index (χ0n) is 7.37. The van der Waals surface area contributed by atoms with Gasteiger partial charge in [-0.1, -0.05) is 0 Å². The molecule has 0 atom stereocenters. The van der Waals surface area contributed by atoms with Crippen LogP contribution in [0.4, 0.5) is 0 Å². The van der Waals surface area contributed by atoms with Gasteiger partial charge in [0.1, 0.15) is 5.75 Å². The van der Waals surface area contributed by atoms with Crippen LogP contribution >= 0.6 is 11.6 Å². The van der Waals surface area contributed by atoms with Crippen LogP contribution in [0, 0.1) is 5.92 Å². The summed E-state index contributed by atoms with van der Waals surface area (Å²) in [5.41, 5.74) is 0.977. The number of alkyl halides is 1. The molecule has 0 radical (unpaired) electrons. The van der Waals surface area contributed by atoms with E-state index in [-0.39, 0.29) is 0 Å². The Kier molecular flexibility index (Phi) is 2.69. The van der Waals surface area contributed by atoms with Crippen molar-refractivity contribution in [3.05, 3.63) is 24.0 Å². The molecule has 0 spiro atoms. The fourth-order valence-corrected chi connectivity index (χ4v) is 1.35. The molecule has 0 unspecified atom stereocenters. The van der Waals surface area contributed by atoms with E-state index in [1.807, 2.05) is 6.07 Å². The van der Waals surface area contributed by atoms with Crippen molar-refractivity contribution in [2.24, 2.45) is 5.92 Å². The minimum Gasteiger partial charge on any atom is -0.493 e. The molecule has 0 aliphatic heterocycles.